The van der Waals surface area contributed by atoms with Gasteiger partial charge in [-0.1, -0.05) is 54.6 Å². The number of hydrogen-bond acceptors (Lipinski definition) is 2. The summed E-state index contributed by atoms with van der Waals surface area (Å²) < 4.78 is 14.1. The topological polar surface area (TPSA) is 57.8 Å². The molecular weight excluding hydrogens is 365 g/mol. The molecule has 1 saturated carbocycles. The molecule has 1 aliphatic rings. The molecule has 0 aliphatic heterocycles. The Morgan fingerprint density at radius 3 is 2.66 bits per heavy atom. The minimum Gasteiger partial charge on any atom is -0.345 e. The molecule has 1 aromatic heterocycles. The zero-order valence-corrected chi connectivity index (χ0v) is 15.7. The smallest absolute Gasteiger partial charge is 0.224 e. The molecule has 1 aliphatic carbocycles. The van der Waals surface area contributed by atoms with Crippen molar-refractivity contribution in [3.63, 3.8) is 0 Å². The minimum atomic E-state index is -0.279. The van der Waals surface area contributed by atoms with Crippen molar-refractivity contribution < 1.29 is 9.18 Å². The second-order valence-corrected chi connectivity index (χ2v) is 7.50. The summed E-state index contributed by atoms with van der Waals surface area (Å²) in [7, 11) is 0. The predicted molar refractivity (Wildman–Crippen MR) is 110 cm³/mol. The Morgan fingerprint density at radius 1 is 1.03 bits per heavy atom. The standard InChI is InChI=1S/C24H20FN3O/c25-20-9-5-4-8-17(20)18-13-19(18)24(29)28-23(15-6-2-1-3-7-15)16-10-11-21-22(12-16)27-14-26-21/h1-12,14,18-19,23H,13H2,(H,26,27)(H,28,29). The van der Waals surface area contributed by atoms with Crippen LogP contribution in [0.15, 0.2) is 79.1 Å². The third-order valence-corrected chi connectivity index (χ3v) is 5.63. The van der Waals surface area contributed by atoms with Crippen LogP contribution in [0.5, 0.6) is 0 Å². The molecule has 5 heteroatoms. The lowest BCUT2D eigenvalue weighted by Crippen LogP contribution is -2.31. The van der Waals surface area contributed by atoms with Gasteiger partial charge in [0.05, 0.1) is 23.4 Å². The van der Waals surface area contributed by atoms with E-state index < -0.39 is 0 Å². The summed E-state index contributed by atoms with van der Waals surface area (Å²) in [5.41, 5.74) is 4.41. The highest BCUT2D eigenvalue weighted by molar-refractivity contribution is 5.84. The molecule has 29 heavy (non-hydrogen) atoms. The zero-order valence-electron chi connectivity index (χ0n) is 15.7. The Bertz CT molecular complexity index is 1170. The Hall–Kier alpha value is -3.47. The lowest BCUT2D eigenvalue weighted by atomic mass is 9.97. The maximum Gasteiger partial charge on any atom is 0.224 e. The maximum atomic E-state index is 14.1. The van der Waals surface area contributed by atoms with Gasteiger partial charge in [0.2, 0.25) is 5.91 Å². The van der Waals surface area contributed by atoms with E-state index in [1.54, 1.807) is 18.5 Å². The van der Waals surface area contributed by atoms with Gasteiger partial charge in [-0.3, -0.25) is 4.79 Å². The van der Waals surface area contributed by atoms with Crippen LogP contribution in [-0.4, -0.2) is 15.9 Å². The highest BCUT2D eigenvalue weighted by Crippen LogP contribution is 2.48. The third kappa shape index (κ3) is 3.40. The molecule has 5 rings (SSSR count). The van der Waals surface area contributed by atoms with E-state index in [-0.39, 0.29) is 29.6 Å². The van der Waals surface area contributed by atoms with E-state index in [0.717, 1.165) is 22.2 Å². The number of nitrogens with zero attached hydrogens (tertiary/aromatic N) is 1. The molecule has 0 radical (unpaired) electrons. The Morgan fingerprint density at radius 2 is 1.83 bits per heavy atom. The quantitative estimate of drug-likeness (QED) is 0.523. The summed E-state index contributed by atoms with van der Waals surface area (Å²) in [4.78, 5) is 20.4. The number of imidazole rings is 1. The van der Waals surface area contributed by atoms with Crippen LogP contribution in [0.1, 0.15) is 35.1 Å². The number of aromatic amines is 1. The van der Waals surface area contributed by atoms with Gasteiger partial charge < -0.3 is 10.3 Å². The molecule has 0 spiro atoms. The van der Waals surface area contributed by atoms with Gasteiger partial charge in [-0.2, -0.15) is 0 Å². The first-order valence-corrected chi connectivity index (χ1v) is 9.73. The molecule has 4 nitrogen and oxygen atoms in total. The van der Waals surface area contributed by atoms with E-state index in [4.69, 9.17) is 0 Å². The molecule has 1 heterocycles. The highest BCUT2D eigenvalue weighted by atomic mass is 19.1. The molecule has 144 valence electrons. The molecule has 1 amide bonds. The van der Waals surface area contributed by atoms with Crippen molar-refractivity contribution in [3.8, 4) is 0 Å². The number of halogens is 1. The van der Waals surface area contributed by atoms with Crippen molar-refractivity contribution >= 4 is 16.9 Å². The summed E-state index contributed by atoms with van der Waals surface area (Å²) in [6.45, 7) is 0. The third-order valence-electron chi connectivity index (χ3n) is 5.63. The van der Waals surface area contributed by atoms with Crippen LogP contribution in [0.2, 0.25) is 0 Å². The molecular formula is C24H20FN3O. The Kier molecular flexibility index (Phi) is 4.35. The fourth-order valence-electron chi connectivity index (χ4n) is 3.99. The van der Waals surface area contributed by atoms with E-state index in [1.807, 2.05) is 54.6 Å². The molecule has 0 saturated heterocycles. The predicted octanol–water partition coefficient (Wildman–Crippen LogP) is 4.71. The van der Waals surface area contributed by atoms with Crippen LogP contribution in [-0.2, 0) is 4.79 Å². The monoisotopic (exact) mass is 385 g/mol. The number of carbonyl (C=O) groups is 1. The zero-order chi connectivity index (χ0) is 19.8. The number of hydrogen-bond donors (Lipinski definition) is 2. The first-order chi connectivity index (χ1) is 14.2. The fourth-order valence-corrected chi connectivity index (χ4v) is 3.99. The molecule has 3 atom stereocenters. The number of aromatic nitrogens is 2. The number of rotatable bonds is 5. The van der Waals surface area contributed by atoms with E-state index in [9.17, 15) is 9.18 Å². The van der Waals surface area contributed by atoms with Gasteiger partial charge in [-0.25, -0.2) is 9.37 Å². The van der Waals surface area contributed by atoms with E-state index >= 15 is 0 Å². The average molecular weight is 385 g/mol. The summed E-state index contributed by atoms with van der Waals surface area (Å²) in [5.74, 6) is -0.536. The van der Waals surface area contributed by atoms with E-state index in [1.165, 1.54) is 6.07 Å². The van der Waals surface area contributed by atoms with Gasteiger partial charge in [0.1, 0.15) is 5.82 Å². The minimum absolute atomic E-state index is 0.0446. The van der Waals surface area contributed by atoms with Crippen LogP contribution in [0, 0.1) is 11.7 Å². The first kappa shape index (κ1) is 17.6. The van der Waals surface area contributed by atoms with Gasteiger partial charge >= 0.3 is 0 Å². The number of nitrogens with one attached hydrogen (secondary N) is 2. The van der Waals surface area contributed by atoms with Crippen LogP contribution < -0.4 is 5.32 Å². The number of benzene rings is 3. The molecule has 4 aromatic rings. The lowest BCUT2D eigenvalue weighted by molar-refractivity contribution is -0.122. The van der Waals surface area contributed by atoms with E-state index in [2.05, 4.69) is 15.3 Å². The van der Waals surface area contributed by atoms with Gasteiger partial charge in [-0.15, -0.1) is 0 Å². The SMILES string of the molecule is O=C(NC(c1ccccc1)c1ccc2nc[nH]c2c1)C1CC1c1ccccc1F. The Labute approximate surface area is 167 Å². The molecule has 0 bridgehead atoms. The van der Waals surface area contributed by atoms with Crippen molar-refractivity contribution in [3.05, 3.63) is 102 Å². The number of carbonyl (C=O) groups excluding carboxylic acids is 1. The lowest BCUT2D eigenvalue weighted by Gasteiger charge is -2.20. The number of fused-ring (bicyclic) bond motifs is 1. The van der Waals surface area contributed by atoms with Crippen LogP contribution in [0.25, 0.3) is 11.0 Å². The molecule has 3 unspecified atom stereocenters. The fraction of sp³-hybridized carbons (Fsp3) is 0.167. The first-order valence-electron chi connectivity index (χ1n) is 9.73. The van der Waals surface area contributed by atoms with Crippen molar-refractivity contribution in [2.24, 2.45) is 5.92 Å². The Balaban J connectivity index is 1.42. The number of amides is 1. The van der Waals surface area contributed by atoms with Gasteiger partial charge in [0.15, 0.2) is 0 Å². The van der Waals surface area contributed by atoms with Crippen LogP contribution in [0.4, 0.5) is 4.39 Å². The van der Waals surface area contributed by atoms with Crippen molar-refractivity contribution in [2.75, 3.05) is 0 Å². The van der Waals surface area contributed by atoms with Crippen LogP contribution in [0.3, 0.4) is 0 Å². The average Bonchev–Trinajstić information content (AvgIpc) is 3.41. The summed E-state index contributed by atoms with van der Waals surface area (Å²) >= 11 is 0. The largest absolute Gasteiger partial charge is 0.345 e. The van der Waals surface area contributed by atoms with E-state index in [0.29, 0.717) is 12.0 Å². The molecule has 1 fully saturated rings. The normalized spacial score (nSPS) is 19.1. The van der Waals surface area contributed by atoms with Crippen molar-refractivity contribution in [1.29, 1.82) is 0 Å². The van der Waals surface area contributed by atoms with Gasteiger partial charge in [-0.05, 0) is 47.2 Å². The molecule has 2 N–H and O–H groups in total. The highest BCUT2D eigenvalue weighted by Gasteiger charge is 2.45. The van der Waals surface area contributed by atoms with Crippen molar-refractivity contribution in [2.45, 2.75) is 18.4 Å². The maximum absolute atomic E-state index is 14.1. The summed E-state index contributed by atoms with van der Waals surface area (Å²) in [6.07, 6.45) is 2.33. The summed E-state index contributed by atoms with van der Waals surface area (Å²) in [5, 5.41) is 3.19. The van der Waals surface area contributed by atoms with Crippen LogP contribution >= 0.6 is 0 Å². The van der Waals surface area contributed by atoms with Gasteiger partial charge in [0, 0.05) is 5.92 Å². The second kappa shape index (κ2) is 7.17. The van der Waals surface area contributed by atoms with Crippen molar-refractivity contribution in [1.82, 2.24) is 15.3 Å². The summed E-state index contributed by atoms with van der Waals surface area (Å²) in [6, 6.07) is 22.3. The van der Waals surface area contributed by atoms with Gasteiger partial charge in [0.25, 0.3) is 0 Å². The number of H-pyrrole nitrogens is 1. The molecule has 3 aromatic carbocycles. The second-order valence-electron chi connectivity index (χ2n) is 7.50.